The van der Waals surface area contributed by atoms with Crippen LogP contribution >= 0.6 is 24.0 Å². The Bertz CT molecular complexity index is 576. The number of rotatable bonds is 5. The molecule has 0 amide bonds. The predicted molar refractivity (Wildman–Crippen MR) is 100 cm³/mol. The third kappa shape index (κ3) is 7.27. The SMILES string of the molecule is CN=C(NCc1ccccc1OC(F)(F)F)NCC1(C)CCCO1.I. The van der Waals surface area contributed by atoms with Crippen LogP contribution in [0.3, 0.4) is 0 Å². The Morgan fingerprint density at radius 3 is 2.64 bits per heavy atom. The van der Waals surface area contributed by atoms with Crippen molar-refractivity contribution in [3.63, 3.8) is 0 Å². The molecule has 1 heterocycles. The molecular weight excluding hydrogens is 450 g/mol. The Balaban J connectivity index is 0.00000312. The Morgan fingerprint density at radius 1 is 1.32 bits per heavy atom. The predicted octanol–water partition coefficient (Wildman–Crippen LogP) is 3.44. The number of alkyl halides is 3. The van der Waals surface area contributed by atoms with E-state index in [9.17, 15) is 13.2 Å². The van der Waals surface area contributed by atoms with Crippen molar-refractivity contribution in [3.05, 3.63) is 29.8 Å². The number of hydrogen-bond acceptors (Lipinski definition) is 3. The first-order valence-corrected chi connectivity index (χ1v) is 7.73. The molecule has 25 heavy (non-hydrogen) atoms. The first-order chi connectivity index (χ1) is 11.3. The van der Waals surface area contributed by atoms with Gasteiger partial charge in [0.2, 0.25) is 0 Å². The van der Waals surface area contributed by atoms with E-state index in [1.807, 2.05) is 6.92 Å². The maximum absolute atomic E-state index is 12.4. The highest BCUT2D eigenvalue weighted by Crippen LogP contribution is 2.26. The molecule has 1 unspecified atom stereocenters. The average Bonchev–Trinajstić information content (AvgIpc) is 2.94. The molecule has 0 aromatic heterocycles. The Hall–Kier alpha value is -1.23. The smallest absolute Gasteiger partial charge is 0.405 e. The monoisotopic (exact) mass is 473 g/mol. The van der Waals surface area contributed by atoms with E-state index in [0.717, 1.165) is 19.4 Å². The number of nitrogens with zero attached hydrogens (tertiary/aromatic N) is 1. The second kappa shape index (κ2) is 9.46. The van der Waals surface area contributed by atoms with Gasteiger partial charge in [-0.2, -0.15) is 0 Å². The van der Waals surface area contributed by atoms with Gasteiger partial charge in [0, 0.05) is 32.3 Å². The summed E-state index contributed by atoms with van der Waals surface area (Å²) in [6.07, 6.45) is -2.74. The average molecular weight is 473 g/mol. The minimum atomic E-state index is -4.72. The molecule has 0 radical (unpaired) electrons. The fourth-order valence-corrected chi connectivity index (χ4v) is 2.52. The summed E-state index contributed by atoms with van der Waals surface area (Å²) in [4.78, 5) is 4.08. The molecular formula is C16H23F3IN3O2. The molecule has 2 N–H and O–H groups in total. The maximum Gasteiger partial charge on any atom is 0.573 e. The second-order valence-electron chi connectivity index (χ2n) is 5.84. The van der Waals surface area contributed by atoms with Gasteiger partial charge in [-0.15, -0.1) is 37.1 Å². The molecule has 1 aliphatic heterocycles. The quantitative estimate of drug-likeness (QED) is 0.391. The molecule has 0 spiro atoms. The number of benzene rings is 1. The number of halogens is 4. The van der Waals surface area contributed by atoms with Crippen molar-refractivity contribution in [2.24, 2.45) is 4.99 Å². The highest BCUT2D eigenvalue weighted by Gasteiger charge is 2.32. The van der Waals surface area contributed by atoms with Crippen LogP contribution in [0.25, 0.3) is 0 Å². The molecule has 9 heteroatoms. The van der Waals surface area contributed by atoms with E-state index >= 15 is 0 Å². The van der Waals surface area contributed by atoms with Crippen molar-refractivity contribution < 1.29 is 22.6 Å². The summed E-state index contributed by atoms with van der Waals surface area (Å²) in [5, 5.41) is 6.13. The third-order valence-corrected chi connectivity index (χ3v) is 3.80. The number of aliphatic imine (C=N–C) groups is 1. The number of nitrogens with one attached hydrogen (secondary N) is 2. The highest BCUT2D eigenvalue weighted by atomic mass is 127. The summed E-state index contributed by atoms with van der Waals surface area (Å²) in [6, 6.07) is 6.01. The normalized spacial score (nSPS) is 20.8. The largest absolute Gasteiger partial charge is 0.573 e. The van der Waals surface area contributed by atoms with Crippen LogP contribution in [0.15, 0.2) is 29.3 Å². The lowest BCUT2D eigenvalue weighted by Gasteiger charge is -2.24. The first-order valence-electron chi connectivity index (χ1n) is 7.73. The Labute approximate surface area is 162 Å². The number of para-hydroxylation sites is 1. The molecule has 5 nitrogen and oxygen atoms in total. The maximum atomic E-state index is 12.4. The standard InChI is InChI=1S/C16H22F3N3O2.HI/c1-15(8-5-9-23-15)11-22-14(20-2)21-10-12-6-3-4-7-13(12)24-16(17,18)19;/h3-4,6-7H,5,8-11H2,1-2H3,(H2,20,21,22);1H. The van der Waals surface area contributed by atoms with Gasteiger partial charge < -0.3 is 20.1 Å². The minimum absolute atomic E-state index is 0. The molecule has 1 aromatic rings. The third-order valence-electron chi connectivity index (χ3n) is 3.80. The van der Waals surface area contributed by atoms with E-state index in [4.69, 9.17) is 4.74 Å². The summed E-state index contributed by atoms with van der Waals surface area (Å²) in [6.45, 7) is 3.50. The van der Waals surface area contributed by atoms with Crippen LogP contribution < -0.4 is 15.4 Å². The van der Waals surface area contributed by atoms with Crippen molar-refractivity contribution in [3.8, 4) is 5.75 Å². The molecule has 1 saturated heterocycles. The van der Waals surface area contributed by atoms with E-state index in [-0.39, 0.29) is 41.9 Å². The molecule has 2 rings (SSSR count). The zero-order chi connectivity index (χ0) is 17.6. The molecule has 0 aliphatic carbocycles. The van der Waals surface area contributed by atoms with Crippen LogP contribution in [-0.4, -0.2) is 38.1 Å². The number of guanidine groups is 1. The van der Waals surface area contributed by atoms with Crippen LogP contribution in [-0.2, 0) is 11.3 Å². The molecule has 142 valence electrons. The second-order valence-corrected chi connectivity index (χ2v) is 5.84. The summed E-state index contributed by atoms with van der Waals surface area (Å²) in [5.41, 5.74) is 0.149. The van der Waals surface area contributed by atoms with E-state index in [1.54, 1.807) is 19.2 Å². The first kappa shape index (κ1) is 21.8. The van der Waals surface area contributed by atoms with E-state index in [0.29, 0.717) is 18.1 Å². The lowest BCUT2D eigenvalue weighted by atomic mass is 10.0. The van der Waals surface area contributed by atoms with E-state index < -0.39 is 6.36 Å². The lowest BCUT2D eigenvalue weighted by Crippen LogP contribution is -2.45. The van der Waals surface area contributed by atoms with Gasteiger partial charge in [0.1, 0.15) is 5.75 Å². The van der Waals surface area contributed by atoms with Gasteiger partial charge in [-0.3, -0.25) is 4.99 Å². The zero-order valence-corrected chi connectivity index (χ0v) is 16.5. The van der Waals surface area contributed by atoms with Gasteiger partial charge in [0.05, 0.1) is 5.60 Å². The number of hydrogen-bond donors (Lipinski definition) is 2. The number of ether oxygens (including phenoxy) is 2. The van der Waals surface area contributed by atoms with E-state index in [1.165, 1.54) is 12.1 Å². The van der Waals surface area contributed by atoms with Crippen molar-refractivity contribution in [2.45, 2.75) is 38.3 Å². The lowest BCUT2D eigenvalue weighted by molar-refractivity contribution is -0.274. The van der Waals surface area contributed by atoms with Gasteiger partial charge in [-0.1, -0.05) is 18.2 Å². The fourth-order valence-electron chi connectivity index (χ4n) is 2.52. The van der Waals surface area contributed by atoms with E-state index in [2.05, 4.69) is 20.4 Å². The van der Waals surface area contributed by atoms with Crippen LogP contribution in [0.5, 0.6) is 5.75 Å². The van der Waals surface area contributed by atoms with Gasteiger partial charge in [-0.25, -0.2) is 0 Å². The van der Waals surface area contributed by atoms with Crippen molar-refractivity contribution in [2.75, 3.05) is 20.2 Å². The Morgan fingerprint density at radius 2 is 2.04 bits per heavy atom. The summed E-state index contributed by atoms with van der Waals surface area (Å²) in [5.74, 6) is 0.271. The molecule has 0 saturated carbocycles. The highest BCUT2D eigenvalue weighted by molar-refractivity contribution is 14.0. The van der Waals surface area contributed by atoms with Crippen LogP contribution in [0.2, 0.25) is 0 Å². The topological polar surface area (TPSA) is 54.9 Å². The summed E-state index contributed by atoms with van der Waals surface area (Å²) < 4.78 is 47.0. The molecule has 1 fully saturated rings. The van der Waals surface area contributed by atoms with Gasteiger partial charge in [-0.05, 0) is 25.8 Å². The van der Waals surface area contributed by atoms with Crippen LogP contribution in [0.4, 0.5) is 13.2 Å². The van der Waals surface area contributed by atoms with Crippen molar-refractivity contribution in [1.82, 2.24) is 10.6 Å². The molecule has 0 bridgehead atoms. The Kier molecular flexibility index (Phi) is 8.26. The van der Waals surface area contributed by atoms with Crippen molar-refractivity contribution >= 4 is 29.9 Å². The minimum Gasteiger partial charge on any atom is -0.405 e. The summed E-state index contributed by atoms with van der Waals surface area (Å²) >= 11 is 0. The molecule has 1 aromatic carbocycles. The summed E-state index contributed by atoms with van der Waals surface area (Å²) in [7, 11) is 1.60. The van der Waals surface area contributed by atoms with Crippen molar-refractivity contribution in [1.29, 1.82) is 0 Å². The van der Waals surface area contributed by atoms with Crippen LogP contribution in [0.1, 0.15) is 25.3 Å². The van der Waals surface area contributed by atoms with Crippen LogP contribution in [0, 0.1) is 0 Å². The van der Waals surface area contributed by atoms with Gasteiger partial charge in [0.15, 0.2) is 5.96 Å². The fraction of sp³-hybridized carbons (Fsp3) is 0.562. The van der Waals surface area contributed by atoms with Gasteiger partial charge in [0.25, 0.3) is 0 Å². The molecule has 1 atom stereocenters. The molecule has 1 aliphatic rings. The zero-order valence-electron chi connectivity index (χ0n) is 14.2. The van der Waals surface area contributed by atoms with Gasteiger partial charge >= 0.3 is 6.36 Å².